The van der Waals surface area contributed by atoms with E-state index in [1.807, 2.05) is 49.9 Å². The normalized spacial score (nSPS) is 24.6. The first-order chi connectivity index (χ1) is 35.2. The van der Waals surface area contributed by atoms with E-state index in [2.05, 4.69) is 56.8 Å². The van der Waals surface area contributed by atoms with Crippen LogP contribution in [-0.4, -0.2) is 118 Å². The lowest BCUT2D eigenvalue weighted by molar-refractivity contribution is -0.139. The minimum Gasteiger partial charge on any atom is -0.453 e. The van der Waals surface area contributed by atoms with Gasteiger partial charge in [-0.3, -0.25) is 9.59 Å². The number of ether oxygens (including phenoxy) is 2. The third kappa shape index (κ3) is 8.92. The second-order valence-electron chi connectivity index (χ2n) is 24.0. The molecule has 4 aliphatic carbocycles. The summed E-state index contributed by atoms with van der Waals surface area (Å²) in [6.07, 6.45) is 20.0. The van der Waals surface area contributed by atoms with Crippen molar-refractivity contribution in [2.45, 2.75) is 161 Å². The summed E-state index contributed by atoms with van der Waals surface area (Å²) >= 11 is 0. The van der Waals surface area contributed by atoms with Crippen molar-refractivity contribution in [2.24, 2.45) is 28.6 Å². The van der Waals surface area contributed by atoms with Crippen molar-refractivity contribution in [1.82, 2.24) is 45.3 Å². The van der Waals surface area contributed by atoms with E-state index >= 15 is 0 Å². The van der Waals surface area contributed by atoms with Crippen LogP contribution in [0.15, 0.2) is 36.7 Å². The Morgan fingerprint density at radius 1 is 0.630 bits per heavy atom. The minimum atomic E-state index is -0.695. The van der Waals surface area contributed by atoms with Crippen LogP contribution in [0.3, 0.4) is 0 Å². The van der Waals surface area contributed by atoms with Crippen LogP contribution in [-0.2, 0) is 44.7 Å². The number of H-pyrrole nitrogens is 2. The van der Waals surface area contributed by atoms with Gasteiger partial charge in [-0.05, 0) is 172 Å². The lowest BCUT2D eigenvalue weighted by Gasteiger charge is -2.38. The number of carbonyl (C=O) groups is 4. The number of amides is 4. The van der Waals surface area contributed by atoms with Crippen LogP contribution < -0.4 is 10.6 Å². The van der Waals surface area contributed by atoms with E-state index in [0.717, 1.165) is 113 Å². The van der Waals surface area contributed by atoms with Crippen LogP contribution in [0.1, 0.15) is 151 Å². The molecule has 2 saturated carbocycles. The standard InChI is InChI=1S/C58H77N9O6/c1-33(2)48(63-55(70)72-6)53(68)66-23-11-8-12-47(66)51-59-31-45(61-51)39-17-15-37(41-27-57(29-43(39)41)19-9-10-20-57)38-16-18-40(44-30-58(28-42(38)44)21-24-65(5)25-22-58)46-32-60-52(62-46)50-35-13-14-36(26-35)67(50)54(69)49(34(3)4)64-56(71)73-7/h15-18,31-36,47-50H,8-14,19-30H2,1-7H3,(H,59,61)(H,60,62)(H,63,70)(H,64,71)/t35?,36?,47-,48+,49+,50+/m1/s1. The van der Waals surface area contributed by atoms with Gasteiger partial charge in [-0.15, -0.1) is 0 Å². The van der Waals surface area contributed by atoms with Gasteiger partial charge in [-0.1, -0.05) is 64.8 Å². The molecule has 5 fully saturated rings. The number of rotatable bonds is 11. The third-order valence-corrected chi connectivity index (χ3v) is 18.8. The van der Waals surface area contributed by atoms with Gasteiger partial charge in [0.25, 0.3) is 0 Å². The Morgan fingerprint density at radius 2 is 1.14 bits per heavy atom. The second-order valence-corrected chi connectivity index (χ2v) is 24.0. The van der Waals surface area contributed by atoms with Crippen molar-refractivity contribution in [3.8, 4) is 33.6 Å². The molecule has 5 heterocycles. The van der Waals surface area contributed by atoms with Crippen LogP contribution >= 0.6 is 0 Å². The molecule has 0 radical (unpaired) electrons. The zero-order chi connectivity index (χ0) is 50.9. The number of piperidine rings is 3. The summed E-state index contributed by atoms with van der Waals surface area (Å²) in [7, 11) is 4.91. The Balaban J connectivity index is 0.947. The fourth-order valence-electron chi connectivity index (χ4n) is 14.9. The summed E-state index contributed by atoms with van der Waals surface area (Å²) in [4.78, 5) is 77.5. The highest BCUT2D eigenvalue weighted by atomic mass is 16.5. The maximum absolute atomic E-state index is 14.4. The summed E-state index contributed by atoms with van der Waals surface area (Å²) < 4.78 is 9.84. The number of benzene rings is 2. The highest BCUT2D eigenvalue weighted by Crippen LogP contribution is 2.56. The number of alkyl carbamates (subject to hydrolysis) is 2. The van der Waals surface area contributed by atoms with Gasteiger partial charge in [0.15, 0.2) is 0 Å². The van der Waals surface area contributed by atoms with E-state index in [-0.39, 0.29) is 52.6 Å². The monoisotopic (exact) mass is 996 g/mol. The molecular formula is C58H77N9O6. The van der Waals surface area contributed by atoms with Crippen molar-refractivity contribution in [2.75, 3.05) is 40.9 Å². The Bertz CT molecular complexity index is 2760. The quantitative estimate of drug-likeness (QED) is 0.114. The van der Waals surface area contributed by atoms with E-state index in [4.69, 9.17) is 19.4 Å². The summed E-state index contributed by atoms with van der Waals surface area (Å²) in [5.74, 6) is 1.55. The van der Waals surface area contributed by atoms with Crippen molar-refractivity contribution < 1.29 is 28.7 Å². The molecule has 4 amide bonds. The molecule has 4 N–H and O–H groups in total. The van der Waals surface area contributed by atoms with Gasteiger partial charge in [-0.2, -0.15) is 0 Å². The Morgan fingerprint density at radius 3 is 1.70 bits per heavy atom. The number of nitrogens with zero attached hydrogens (tertiary/aromatic N) is 5. The molecule has 2 aromatic heterocycles. The lowest BCUT2D eigenvalue weighted by Crippen LogP contribution is -2.54. The molecule has 4 aromatic rings. The second kappa shape index (κ2) is 19.5. The number of fused-ring (bicyclic) bond motifs is 4. The van der Waals surface area contributed by atoms with Gasteiger partial charge in [0.05, 0.1) is 50.1 Å². The number of methoxy groups -OCH3 is 2. The molecule has 3 aliphatic heterocycles. The van der Waals surface area contributed by atoms with E-state index in [9.17, 15) is 19.2 Å². The minimum absolute atomic E-state index is 0.0649. The fourth-order valence-corrected chi connectivity index (χ4v) is 14.9. The van der Waals surface area contributed by atoms with Crippen LogP contribution in [0.4, 0.5) is 9.59 Å². The smallest absolute Gasteiger partial charge is 0.407 e. The molecule has 390 valence electrons. The number of hydrogen-bond acceptors (Lipinski definition) is 9. The highest BCUT2D eigenvalue weighted by Gasteiger charge is 2.52. The third-order valence-electron chi connectivity index (χ3n) is 18.8. The molecule has 15 heteroatoms. The predicted molar refractivity (Wildman–Crippen MR) is 279 cm³/mol. The Hall–Kier alpha value is -5.70. The molecule has 7 aliphatic rings. The summed E-state index contributed by atoms with van der Waals surface area (Å²) in [5.41, 5.74) is 13.4. The molecule has 2 bridgehead atoms. The summed E-state index contributed by atoms with van der Waals surface area (Å²) in [5, 5.41) is 5.64. The van der Waals surface area contributed by atoms with Gasteiger partial charge in [0.2, 0.25) is 11.8 Å². The molecule has 6 atom stereocenters. The molecule has 2 unspecified atom stereocenters. The van der Waals surface area contributed by atoms with Gasteiger partial charge in [0.1, 0.15) is 23.7 Å². The molecule has 2 aromatic carbocycles. The maximum Gasteiger partial charge on any atom is 0.407 e. The molecule has 11 rings (SSSR count). The SMILES string of the molecule is COC(=O)N[C@H](C(=O)N1CCCC[C@@H]1c1ncc(-c2ccc(-c3ccc(-c4cnc([C@@H]5C6CCC(C6)N5C(=O)[C@@H](NC(=O)OC)C(C)C)[nH]4)c4c3CC3(CCN(C)CC3)C4)c3c2CC2(CCCC2)C3)[nH]1)C(C)C. The molecule has 73 heavy (non-hydrogen) atoms. The van der Waals surface area contributed by atoms with Crippen molar-refractivity contribution in [3.05, 3.63) is 70.6 Å². The van der Waals surface area contributed by atoms with Gasteiger partial charge in [-0.25, -0.2) is 19.6 Å². The van der Waals surface area contributed by atoms with Crippen LogP contribution in [0, 0.1) is 28.6 Å². The predicted octanol–water partition coefficient (Wildman–Crippen LogP) is 9.47. The van der Waals surface area contributed by atoms with Crippen LogP contribution in [0.25, 0.3) is 33.6 Å². The van der Waals surface area contributed by atoms with Gasteiger partial charge >= 0.3 is 12.2 Å². The largest absolute Gasteiger partial charge is 0.453 e. The van der Waals surface area contributed by atoms with E-state index in [1.54, 1.807) is 0 Å². The van der Waals surface area contributed by atoms with Gasteiger partial charge < -0.3 is 44.8 Å². The zero-order valence-electron chi connectivity index (χ0n) is 44.2. The van der Waals surface area contributed by atoms with E-state index in [1.165, 1.54) is 84.4 Å². The fraction of sp³-hybridized carbons (Fsp3) is 0.621. The van der Waals surface area contributed by atoms with Gasteiger partial charge in [0, 0.05) is 23.7 Å². The molecule has 15 nitrogen and oxygen atoms in total. The number of nitrogens with one attached hydrogen (secondary N) is 4. The van der Waals surface area contributed by atoms with Crippen molar-refractivity contribution in [3.63, 3.8) is 0 Å². The number of carbonyl (C=O) groups excluding carboxylic acids is 4. The highest BCUT2D eigenvalue weighted by molar-refractivity contribution is 5.88. The molecular weight excluding hydrogens is 919 g/mol. The lowest BCUT2D eigenvalue weighted by atomic mass is 9.75. The van der Waals surface area contributed by atoms with Crippen LogP contribution in [0.5, 0.6) is 0 Å². The number of aromatic amines is 2. The zero-order valence-corrected chi connectivity index (χ0v) is 44.2. The number of imidazole rings is 2. The molecule has 2 spiro atoms. The number of likely N-dealkylation sites (tertiary alicyclic amines) is 3. The first-order valence-electron chi connectivity index (χ1n) is 27.6. The van der Waals surface area contributed by atoms with E-state index in [0.29, 0.717) is 12.5 Å². The number of aromatic nitrogens is 4. The first-order valence-corrected chi connectivity index (χ1v) is 27.6. The average molecular weight is 996 g/mol. The average Bonchev–Trinajstić information content (AvgIpc) is 4.27. The maximum atomic E-state index is 14.4. The van der Waals surface area contributed by atoms with E-state index < -0.39 is 24.3 Å². The summed E-state index contributed by atoms with van der Waals surface area (Å²) in [6, 6.07) is 7.83. The Kier molecular flexibility index (Phi) is 13.2. The van der Waals surface area contributed by atoms with Crippen molar-refractivity contribution in [1.29, 1.82) is 0 Å². The Labute approximate surface area is 430 Å². The topological polar surface area (TPSA) is 178 Å². The molecule has 3 saturated heterocycles. The van der Waals surface area contributed by atoms with Crippen LogP contribution in [0.2, 0.25) is 0 Å². The number of hydrogen-bond donors (Lipinski definition) is 4. The summed E-state index contributed by atoms with van der Waals surface area (Å²) in [6.45, 7) is 10.6. The van der Waals surface area contributed by atoms with Crippen molar-refractivity contribution >= 4 is 24.0 Å². The first kappa shape index (κ1) is 49.5.